The van der Waals surface area contributed by atoms with Crippen LogP contribution in [0.1, 0.15) is 418 Å². The van der Waals surface area contributed by atoms with Gasteiger partial charge in [0.25, 0.3) is 7.82 Å². The van der Waals surface area contributed by atoms with Gasteiger partial charge in [-0.05, 0) is 32.1 Å². The first-order valence-corrected chi connectivity index (χ1v) is 40.7. The Labute approximate surface area is 545 Å². The van der Waals surface area contributed by atoms with Crippen molar-refractivity contribution < 1.29 is 32.9 Å². The molecule has 0 saturated heterocycles. The number of carbonyl (C=O) groups excluding carboxylic acids is 1. The highest BCUT2D eigenvalue weighted by Gasteiger charge is 2.23. The normalized spacial score (nSPS) is 13.6. The van der Waals surface area contributed by atoms with E-state index in [1.807, 2.05) is 27.2 Å². The minimum absolute atomic E-state index is 0.00328. The molecule has 0 spiro atoms. The highest BCUT2D eigenvalue weighted by Crippen LogP contribution is 2.38. The average molecular weight is 1250 g/mol. The number of quaternary nitrogens is 1. The van der Waals surface area contributed by atoms with Crippen LogP contribution in [-0.4, -0.2) is 68.5 Å². The highest BCUT2D eigenvalue weighted by molar-refractivity contribution is 7.45. The van der Waals surface area contributed by atoms with Crippen LogP contribution in [0.2, 0.25) is 0 Å². The van der Waals surface area contributed by atoms with Gasteiger partial charge in [0.05, 0.1) is 39.9 Å². The molecule has 0 radical (unpaired) electrons. The van der Waals surface area contributed by atoms with Crippen molar-refractivity contribution in [3.05, 3.63) is 24.3 Å². The van der Waals surface area contributed by atoms with Crippen LogP contribution in [0, 0.1) is 0 Å². The summed E-state index contributed by atoms with van der Waals surface area (Å²) in [4.78, 5) is 25.7. The number of aliphatic hydroxyl groups is 1. The van der Waals surface area contributed by atoms with Gasteiger partial charge in [0, 0.05) is 6.42 Å². The second kappa shape index (κ2) is 69.3. The van der Waals surface area contributed by atoms with E-state index in [0.717, 1.165) is 38.5 Å². The molecule has 3 atom stereocenters. The Morgan fingerprint density at radius 2 is 0.644 bits per heavy atom. The summed E-state index contributed by atoms with van der Waals surface area (Å²) in [6, 6.07) is -0.903. The number of phosphoric ester groups is 1. The molecular formula is C78H155N2O6P. The van der Waals surface area contributed by atoms with Crippen LogP contribution in [0.3, 0.4) is 0 Å². The van der Waals surface area contributed by atoms with Crippen LogP contribution in [0.25, 0.3) is 0 Å². The quantitative estimate of drug-likeness (QED) is 0.0272. The zero-order chi connectivity index (χ0) is 63.4. The average Bonchev–Trinajstić information content (AvgIpc) is 3.70. The largest absolute Gasteiger partial charge is 0.756 e. The molecule has 0 saturated carbocycles. The van der Waals surface area contributed by atoms with Gasteiger partial charge in [-0.1, -0.05) is 404 Å². The van der Waals surface area contributed by atoms with E-state index in [-0.39, 0.29) is 19.1 Å². The van der Waals surface area contributed by atoms with E-state index >= 15 is 0 Å². The molecule has 0 aliphatic heterocycles. The Kier molecular flexibility index (Phi) is 68.5. The van der Waals surface area contributed by atoms with Crippen molar-refractivity contribution >= 4 is 13.7 Å². The van der Waals surface area contributed by atoms with Gasteiger partial charge in [0.15, 0.2) is 0 Å². The van der Waals surface area contributed by atoms with Gasteiger partial charge in [0.1, 0.15) is 13.2 Å². The maximum absolute atomic E-state index is 13.1. The second-order valence-electron chi connectivity index (χ2n) is 28.4. The molecule has 3 unspecified atom stereocenters. The van der Waals surface area contributed by atoms with E-state index < -0.39 is 20.0 Å². The summed E-state index contributed by atoms with van der Waals surface area (Å²) in [5, 5.41) is 14.0. The lowest BCUT2D eigenvalue weighted by Crippen LogP contribution is -2.45. The predicted octanol–water partition coefficient (Wildman–Crippen LogP) is 24.8. The number of nitrogens with zero attached hydrogens (tertiary/aromatic N) is 1. The number of rotatable bonds is 74. The number of hydrogen-bond donors (Lipinski definition) is 2. The van der Waals surface area contributed by atoms with E-state index in [1.165, 1.54) is 360 Å². The monoisotopic (exact) mass is 1250 g/mol. The molecule has 0 bridgehead atoms. The zero-order valence-electron chi connectivity index (χ0n) is 59.5. The van der Waals surface area contributed by atoms with E-state index in [0.29, 0.717) is 17.4 Å². The smallest absolute Gasteiger partial charge is 0.268 e. The molecule has 9 heteroatoms. The van der Waals surface area contributed by atoms with Crippen LogP contribution in [0.4, 0.5) is 0 Å². The fourth-order valence-electron chi connectivity index (χ4n) is 12.4. The lowest BCUT2D eigenvalue weighted by Gasteiger charge is -2.29. The number of unbranched alkanes of at least 4 members (excludes halogenated alkanes) is 59. The van der Waals surface area contributed by atoms with Crippen LogP contribution in [0.15, 0.2) is 24.3 Å². The van der Waals surface area contributed by atoms with Gasteiger partial charge in [-0.3, -0.25) is 9.36 Å². The van der Waals surface area contributed by atoms with Gasteiger partial charge in [0.2, 0.25) is 5.91 Å². The minimum atomic E-state index is -4.61. The highest BCUT2D eigenvalue weighted by atomic mass is 31.2. The van der Waals surface area contributed by atoms with Gasteiger partial charge in [-0.15, -0.1) is 0 Å². The van der Waals surface area contributed by atoms with E-state index in [2.05, 4.69) is 31.3 Å². The minimum Gasteiger partial charge on any atom is -0.756 e. The summed E-state index contributed by atoms with van der Waals surface area (Å²) < 4.78 is 23.5. The lowest BCUT2D eigenvalue weighted by molar-refractivity contribution is -0.870. The Morgan fingerprint density at radius 3 is 0.931 bits per heavy atom. The lowest BCUT2D eigenvalue weighted by atomic mass is 10.0. The number of hydrogen-bond acceptors (Lipinski definition) is 6. The maximum atomic E-state index is 13.1. The van der Waals surface area contributed by atoms with Crippen LogP contribution in [0.5, 0.6) is 0 Å². The number of aliphatic hydroxyl groups excluding tert-OH is 1. The fraction of sp³-hybridized carbons (Fsp3) is 0.936. The molecule has 8 nitrogen and oxygen atoms in total. The van der Waals surface area contributed by atoms with Crippen molar-refractivity contribution in [2.75, 3.05) is 40.9 Å². The molecule has 0 aliphatic rings. The Hall–Kier alpha value is -1.02. The molecule has 0 fully saturated rings. The summed E-state index contributed by atoms with van der Waals surface area (Å²) in [5.74, 6) is -0.197. The van der Waals surface area contributed by atoms with E-state index in [9.17, 15) is 19.4 Å². The van der Waals surface area contributed by atoms with Gasteiger partial charge >= 0.3 is 0 Å². The third kappa shape index (κ3) is 72.3. The molecular weight excluding hydrogens is 1090 g/mol. The number of phosphoric acid groups is 1. The second-order valence-corrected chi connectivity index (χ2v) is 29.8. The molecule has 518 valence electrons. The number of nitrogens with one attached hydrogen (secondary N) is 1. The predicted molar refractivity (Wildman–Crippen MR) is 381 cm³/mol. The van der Waals surface area contributed by atoms with Crippen molar-refractivity contribution in [2.45, 2.75) is 431 Å². The number of allylic oxidation sites excluding steroid dienone is 3. The summed E-state index contributed by atoms with van der Waals surface area (Å²) in [5.41, 5.74) is 0. The van der Waals surface area contributed by atoms with Crippen molar-refractivity contribution in [3.63, 3.8) is 0 Å². The molecule has 0 rings (SSSR count). The third-order valence-electron chi connectivity index (χ3n) is 18.4. The van der Waals surface area contributed by atoms with Crippen molar-refractivity contribution in [1.29, 1.82) is 0 Å². The van der Waals surface area contributed by atoms with E-state index in [4.69, 9.17) is 9.05 Å². The third-order valence-corrected chi connectivity index (χ3v) is 19.4. The van der Waals surface area contributed by atoms with Crippen LogP contribution in [-0.2, 0) is 18.4 Å². The summed E-state index contributed by atoms with van der Waals surface area (Å²) in [7, 11) is 1.27. The SMILES string of the molecule is CCCCCCCCCCCCCCCCCCCCCCCCC/C=C/CC/C=C/C(O)C(COP(=O)([O-])OCC[N+](C)(C)C)NC(=O)CCCCCCCCCCCCCCCCCCCCCCCCCCCCCCCCCCCCCC. The first-order chi connectivity index (χ1) is 42.5. The zero-order valence-corrected chi connectivity index (χ0v) is 60.4. The van der Waals surface area contributed by atoms with Crippen molar-refractivity contribution in [3.8, 4) is 0 Å². The molecule has 0 aromatic heterocycles. The first-order valence-electron chi connectivity index (χ1n) is 39.2. The van der Waals surface area contributed by atoms with Gasteiger partial charge in [-0.2, -0.15) is 0 Å². The number of amides is 1. The van der Waals surface area contributed by atoms with Gasteiger partial charge < -0.3 is 28.8 Å². The number of carbonyl (C=O) groups is 1. The molecule has 0 aromatic rings. The Bertz CT molecular complexity index is 1470. The first kappa shape index (κ1) is 86.0. The molecule has 0 aliphatic carbocycles. The summed E-state index contributed by atoms with van der Waals surface area (Å²) in [6.07, 6.45) is 92.1. The standard InChI is InChI=1S/C78H155N2O6P/c1-6-8-10-12-14-16-18-20-22-24-26-28-30-32-34-36-37-38-39-40-41-42-44-46-48-50-52-54-56-58-60-62-64-66-68-70-72-78(82)79-76(75-86-87(83,84)85-74-73-80(3,4)5)77(81)71-69-67-65-63-61-59-57-55-53-51-49-47-45-43-35-33-31-29-27-25-23-21-19-17-15-13-11-9-7-2/h61,63,69,71,76-77,81H,6-60,62,64-68,70,72-75H2,1-5H3,(H-,79,82,83,84)/b63-61+,71-69+. The Morgan fingerprint density at radius 1 is 0.391 bits per heavy atom. The fourth-order valence-corrected chi connectivity index (χ4v) is 13.1. The van der Waals surface area contributed by atoms with Crippen LogP contribution >= 0.6 is 7.82 Å². The summed E-state index contributed by atoms with van der Waals surface area (Å²) >= 11 is 0. The number of likely N-dealkylation sites (N-methyl/N-ethyl adjacent to an activating group) is 1. The summed E-state index contributed by atoms with van der Waals surface area (Å²) in [6.45, 7) is 4.71. The van der Waals surface area contributed by atoms with Crippen LogP contribution < -0.4 is 10.2 Å². The molecule has 1 amide bonds. The van der Waals surface area contributed by atoms with Gasteiger partial charge in [-0.25, -0.2) is 0 Å². The van der Waals surface area contributed by atoms with E-state index in [1.54, 1.807) is 6.08 Å². The molecule has 0 aromatic carbocycles. The van der Waals surface area contributed by atoms with Crippen molar-refractivity contribution in [1.82, 2.24) is 5.32 Å². The molecule has 0 heterocycles. The van der Waals surface area contributed by atoms with Crippen molar-refractivity contribution in [2.24, 2.45) is 0 Å². The maximum Gasteiger partial charge on any atom is 0.268 e. The molecule has 2 N–H and O–H groups in total. The topological polar surface area (TPSA) is 108 Å². The Balaban J connectivity index is 3.97. The molecule has 87 heavy (non-hydrogen) atoms.